The average Bonchev–Trinajstić information content (AvgIpc) is 3.73. The number of rotatable bonds is 12. The average molecular weight is 535 g/mol. The van der Waals surface area contributed by atoms with Gasteiger partial charge in [-0.2, -0.15) is 0 Å². The quantitative estimate of drug-likeness (QED) is 0.332. The summed E-state index contributed by atoms with van der Waals surface area (Å²) >= 11 is 7.80. The smallest absolute Gasteiger partial charge is 0.252 e. The molecule has 2 aromatic rings. The Bertz CT molecular complexity index is 1160. The van der Waals surface area contributed by atoms with E-state index < -0.39 is 0 Å². The van der Waals surface area contributed by atoms with Crippen LogP contribution >= 0.6 is 23.6 Å². The van der Waals surface area contributed by atoms with Crippen molar-refractivity contribution >= 4 is 40.2 Å². The summed E-state index contributed by atoms with van der Waals surface area (Å²) in [7, 11) is 0. The Kier molecular flexibility index (Phi) is 7.49. The van der Waals surface area contributed by atoms with Gasteiger partial charge in [0.2, 0.25) is 0 Å². The first-order valence-corrected chi connectivity index (χ1v) is 15.5. The molecular weight excluding hydrogens is 496 g/mol. The number of Topliss-reactive ketones (excluding diaryl/α,β-unsaturated/α-hetero) is 1. The van der Waals surface area contributed by atoms with Crippen molar-refractivity contribution in [3.63, 3.8) is 0 Å². The van der Waals surface area contributed by atoms with Gasteiger partial charge in [-0.05, 0) is 86.7 Å². The Hall–Kier alpha value is -2.05. The third kappa shape index (κ3) is 6.51. The number of thiophene rings is 1. The number of hydrogen-bond donors (Lipinski definition) is 1. The first-order valence-electron chi connectivity index (χ1n) is 14.3. The van der Waals surface area contributed by atoms with Crippen molar-refractivity contribution in [2.45, 2.75) is 77.2 Å². The molecule has 6 rings (SSSR count). The second kappa shape index (κ2) is 11.0. The number of hydrogen-bond acceptors (Lipinski definition) is 4. The minimum Gasteiger partial charge on any atom is -0.362 e. The van der Waals surface area contributed by atoms with E-state index in [1.54, 1.807) is 11.3 Å². The number of amides is 1. The number of thiocarbonyl (C=S) groups is 1. The molecular formula is C31H38N2O2S2. The van der Waals surface area contributed by atoms with Crippen LogP contribution in [-0.4, -0.2) is 34.7 Å². The van der Waals surface area contributed by atoms with Crippen molar-refractivity contribution in [3.05, 3.63) is 56.8 Å². The normalized spacial score (nSPS) is 20.8. The highest BCUT2D eigenvalue weighted by atomic mass is 32.1. The number of carbonyl (C=O) groups excluding carboxylic acids is 2. The number of fused-ring (bicyclic) bond motifs is 1. The topological polar surface area (TPSA) is 49.4 Å². The summed E-state index contributed by atoms with van der Waals surface area (Å²) < 4.78 is 0. The van der Waals surface area contributed by atoms with Gasteiger partial charge < -0.3 is 10.2 Å². The summed E-state index contributed by atoms with van der Waals surface area (Å²) in [5, 5.41) is 3.21. The molecule has 4 nitrogen and oxygen atoms in total. The lowest BCUT2D eigenvalue weighted by molar-refractivity contribution is -0.119. The standard InChI is InChI=1S/C31H38N2O2S2/c34-26(24-11-12-24)16-28-30(31(35)32-17-20-6-7-20)25-14-23(10-13-27(25)37-28)15-29(36)33(19-22-8-9-22)18-21-4-2-1-3-5-21/h1-5,20,22-24H,6-19H2,(H,32,35)/t23-/m0/s1. The molecule has 6 heteroatoms. The first kappa shape index (κ1) is 25.2. The number of carbonyl (C=O) groups is 2. The van der Waals surface area contributed by atoms with Crippen molar-refractivity contribution in [1.82, 2.24) is 10.2 Å². The Balaban J connectivity index is 1.17. The Morgan fingerprint density at radius 1 is 0.973 bits per heavy atom. The molecule has 4 aliphatic rings. The molecule has 4 aliphatic carbocycles. The van der Waals surface area contributed by atoms with E-state index in [-0.39, 0.29) is 11.8 Å². The van der Waals surface area contributed by atoms with E-state index in [0.717, 1.165) is 79.5 Å². The lowest BCUT2D eigenvalue weighted by Gasteiger charge is -2.30. The van der Waals surface area contributed by atoms with E-state index in [0.29, 0.717) is 24.0 Å². The largest absolute Gasteiger partial charge is 0.362 e. The summed E-state index contributed by atoms with van der Waals surface area (Å²) in [6, 6.07) is 10.7. The molecule has 1 heterocycles. The van der Waals surface area contributed by atoms with Gasteiger partial charge >= 0.3 is 0 Å². The molecule has 0 spiro atoms. The van der Waals surface area contributed by atoms with Crippen molar-refractivity contribution in [3.8, 4) is 0 Å². The van der Waals surface area contributed by atoms with Crippen LogP contribution in [0.5, 0.6) is 0 Å². The van der Waals surface area contributed by atoms with Crippen LogP contribution in [0.25, 0.3) is 0 Å². The summed E-state index contributed by atoms with van der Waals surface area (Å²) in [4.78, 5) is 32.0. The monoisotopic (exact) mass is 534 g/mol. The summed E-state index contributed by atoms with van der Waals surface area (Å²) in [6.07, 6.45) is 11.5. The van der Waals surface area contributed by atoms with Gasteiger partial charge in [0.25, 0.3) is 5.91 Å². The minimum atomic E-state index is 0.0469. The molecule has 196 valence electrons. The fraction of sp³-hybridized carbons (Fsp3) is 0.581. The van der Waals surface area contributed by atoms with Crippen LogP contribution in [0.2, 0.25) is 0 Å². The number of benzene rings is 1. The van der Waals surface area contributed by atoms with E-state index >= 15 is 0 Å². The van der Waals surface area contributed by atoms with E-state index in [1.807, 2.05) is 0 Å². The van der Waals surface area contributed by atoms with Crippen molar-refractivity contribution < 1.29 is 9.59 Å². The summed E-state index contributed by atoms with van der Waals surface area (Å²) in [5.74, 6) is 2.48. The fourth-order valence-electron chi connectivity index (χ4n) is 5.68. The van der Waals surface area contributed by atoms with Gasteiger partial charge in [-0.15, -0.1) is 11.3 Å². The van der Waals surface area contributed by atoms with Crippen LogP contribution in [0.4, 0.5) is 0 Å². The van der Waals surface area contributed by atoms with Gasteiger partial charge in [-0.25, -0.2) is 0 Å². The van der Waals surface area contributed by atoms with Crippen LogP contribution in [0.1, 0.15) is 82.6 Å². The molecule has 1 aromatic carbocycles. The Labute approximate surface area is 230 Å². The van der Waals surface area contributed by atoms with Crippen LogP contribution < -0.4 is 5.32 Å². The number of nitrogens with zero attached hydrogens (tertiary/aromatic N) is 1. The SMILES string of the molecule is O=C(NCC1CC1)c1c(CC(=O)C2CC2)sc2c1C[C@@H](CC(=S)N(Cc1ccccc1)CC1CC1)CC2. The van der Waals surface area contributed by atoms with Gasteiger partial charge in [0.1, 0.15) is 5.78 Å². The van der Waals surface area contributed by atoms with Gasteiger partial charge in [-0.1, -0.05) is 42.5 Å². The molecule has 0 saturated heterocycles. The van der Waals surface area contributed by atoms with E-state index in [1.165, 1.54) is 41.7 Å². The second-order valence-electron chi connectivity index (χ2n) is 11.9. The zero-order valence-corrected chi connectivity index (χ0v) is 23.3. The van der Waals surface area contributed by atoms with Crippen LogP contribution in [-0.2, 0) is 30.6 Å². The molecule has 3 fully saturated rings. The van der Waals surface area contributed by atoms with Crippen molar-refractivity contribution in [1.29, 1.82) is 0 Å². The number of aryl methyl sites for hydroxylation is 1. The molecule has 1 atom stereocenters. The molecule has 0 bridgehead atoms. The maximum Gasteiger partial charge on any atom is 0.252 e. The fourth-order valence-corrected chi connectivity index (χ4v) is 7.41. The van der Waals surface area contributed by atoms with E-state index in [9.17, 15) is 9.59 Å². The minimum absolute atomic E-state index is 0.0469. The molecule has 0 aliphatic heterocycles. The lowest BCUT2D eigenvalue weighted by atomic mass is 9.83. The highest BCUT2D eigenvalue weighted by molar-refractivity contribution is 7.80. The third-order valence-corrected chi connectivity index (χ3v) is 10.2. The van der Waals surface area contributed by atoms with Crippen LogP contribution in [0.3, 0.4) is 0 Å². The van der Waals surface area contributed by atoms with Crippen LogP contribution in [0.15, 0.2) is 30.3 Å². The van der Waals surface area contributed by atoms with E-state index in [4.69, 9.17) is 12.2 Å². The van der Waals surface area contributed by atoms with Crippen LogP contribution in [0, 0.1) is 23.7 Å². The maximum atomic E-state index is 13.4. The molecule has 3 saturated carbocycles. The second-order valence-corrected chi connectivity index (χ2v) is 13.5. The molecule has 1 amide bonds. The van der Waals surface area contributed by atoms with Crippen molar-refractivity contribution in [2.24, 2.45) is 23.7 Å². The molecule has 0 unspecified atom stereocenters. The predicted molar refractivity (Wildman–Crippen MR) is 153 cm³/mol. The lowest BCUT2D eigenvalue weighted by Crippen LogP contribution is -2.33. The Morgan fingerprint density at radius 3 is 2.43 bits per heavy atom. The molecule has 37 heavy (non-hydrogen) atoms. The van der Waals surface area contributed by atoms with Gasteiger partial charge in [-0.3, -0.25) is 9.59 Å². The van der Waals surface area contributed by atoms with Gasteiger partial charge in [0.15, 0.2) is 0 Å². The molecule has 1 aromatic heterocycles. The first-order chi connectivity index (χ1) is 18.0. The summed E-state index contributed by atoms with van der Waals surface area (Å²) in [6.45, 7) is 2.71. The van der Waals surface area contributed by atoms with Gasteiger partial charge in [0, 0.05) is 48.1 Å². The maximum absolute atomic E-state index is 13.4. The third-order valence-electron chi connectivity index (χ3n) is 8.49. The van der Waals surface area contributed by atoms with E-state index in [2.05, 4.69) is 40.5 Å². The summed E-state index contributed by atoms with van der Waals surface area (Å²) in [5.41, 5.74) is 3.37. The Morgan fingerprint density at radius 2 is 1.73 bits per heavy atom. The zero-order chi connectivity index (χ0) is 25.4. The van der Waals surface area contributed by atoms with Crippen molar-refractivity contribution in [2.75, 3.05) is 13.1 Å². The highest BCUT2D eigenvalue weighted by Gasteiger charge is 2.35. The highest BCUT2D eigenvalue weighted by Crippen LogP contribution is 2.40. The number of ketones is 1. The molecule has 1 N–H and O–H groups in total. The zero-order valence-electron chi connectivity index (χ0n) is 21.7. The van der Waals surface area contributed by atoms with Gasteiger partial charge in [0.05, 0.1) is 10.6 Å². The predicted octanol–water partition coefficient (Wildman–Crippen LogP) is 6.14. The number of nitrogens with one attached hydrogen (secondary N) is 1. The molecule has 0 radical (unpaired) electrons.